The van der Waals surface area contributed by atoms with Crippen LogP contribution in [0.5, 0.6) is 0 Å². The van der Waals surface area contributed by atoms with E-state index in [0.29, 0.717) is 11.1 Å². The highest BCUT2D eigenvalue weighted by molar-refractivity contribution is 6.11. The molecule has 98 valence electrons. The number of benzene rings is 2. The number of Topliss-reactive ketones (excluding diaryl/α,β-unsaturated/α-hetero) is 2. The zero-order valence-electron chi connectivity index (χ0n) is 10.9. The second-order valence-corrected chi connectivity index (χ2v) is 4.21. The summed E-state index contributed by atoms with van der Waals surface area (Å²) in [6.45, 7) is 2.98. The standard InChI is InChI=1S/C16H14O2.H2O/c1-11(17)14-9-6-10-15(16(14)12(2)18)13-7-4-3-5-8-13;/h3-10H,1-2H3;1H2. The molecule has 0 aliphatic rings. The van der Waals surface area contributed by atoms with E-state index in [2.05, 4.69) is 0 Å². The van der Waals surface area contributed by atoms with E-state index < -0.39 is 0 Å². The SMILES string of the molecule is CC(=O)c1cccc(-c2ccccc2)c1C(C)=O.O. The first-order chi connectivity index (χ1) is 8.61. The second-order valence-electron chi connectivity index (χ2n) is 4.21. The van der Waals surface area contributed by atoms with Crippen LogP contribution in [-0.4, -0.2) is 17.0 Å². The number of hydrogen-bond donors (Lipinski definition) is 0. The fourth-order valence-electron chi connectivity index (χ4n) is 2.08. The number of carbonyl (C=O) groups is 2. The van der Waals surface area contributed by atoms with Crippen LogP contribution in [0.4, 0.5) is 0 Å². The van der Waals surface area contributed by atoms with Crippen LogP contribution < -0.4 is 0 Å². The Labute approximate surface area is 112 Å². The minimum Gasteiger partial charge on any atom is -0.412 e. The lowest BCUT2D eigenvalue weighted by molar-refractivity contribution is 0.0981. The van der Waals surface area contributed by atoms with Crippen LogP contribution in [0.1, 0.15) is 34.6 Å². The molecule has 0 aliphatic heterocycles. The van der Waals surface area contributed by atoms with Crippen molar-refractivity contribution in [2.75, 3.05) is 0 Å². The molecule has 0 fully saturated rings. The molecule has 2 rings (SSSR count). The first kappa shape index (κ1) is 14.8. The first-order valence-electron chi connectivity index (χ1n) is 5.81. The molecule has 0 atom stereocenters. The van der Waals surface area contributed by atoms with E-state index in [-0.39, 0.29) is 17.0 Å². The molecule has 0 heterocycles. The van der Waals surface area contributed by atoms with Crippen LogP contribution in [0.3, 0.4) is 0 Å². The number of ketones is 2. The molecule has 3 heteroatoms. The fourth-order valence-corrected chi connectivity index (χ4v) is 2.08. The molecule has 0 saturated heterocycles. The molecule has 0 amide bonds. The van der Waals surface area contributed by atoms with Crippen molar-refractivity contribution >= 4 is 11.6 Å². The quantitative estimate of drug-likeness (QED) is 0.792. The maximum atomic E-state index is 11.8. The van der Waals surface area contributed by atoms with Crippen molar-refractivity contribution in [1.29, 1.82) is 0 Å². The zero-order chi connectivity index (χ0) is 13.1. The highest BCUT2D eigenvalue weighted by Crippen LogP contribution is 2.27. The number of hydrogen-bond acceptors (Lipinski definition) is 2. The second kappa shape index (κ2) is 6.07. The molecule has 2 N–H and O–H groups in total. The zero-order valence-corrected chi connectivity index (χ0v) is 10.9. The molecule has 0 aromatic heterocycles. The Bertz CT molecular complexity index is 601. The van der Waals surface area contributed by atoms with Crippen LogP contribution in [0.25, 0.3) is 11.1 Å². The van der Waals surface area contributed by atoms with Crippen LogP contribution in [-0.2, 0) is 0 Å². The Hall–Kier alpha value is -2.26. The summed E-state index contributed by atoms with van der Waals surface area (Å²) in [5, 5.41) is 0. The summed E-state index contributed by atoms with van der Waals surface area (Å²) in [6, 6.07) is 15.0. The third-order valence-electron chi connectivity index (χ3n) is 2.88. The van der Waals surface area contributed by atoms with Gasteiger partial charge in [0.15, 0.2) is 11.6 Å². The Morgan fingerprint density at radius 3 is 1.95 bits per heavy atom. The number of rotatable bonds is 3. The van der Waals surface area contributed by atoms with E-state index in [9.17, 15) is 9.59 Å². The van der Waals surface area contributed by atoms with Crippen molar-refractivity contribution in [3.05, 3.63) is 59.7 Å². The highest BCUT2D eigenvalue weighted by Gasteiger charge is 2.16. The molecule has 0 radical (unpaired) electrons. The summed E-state index contributed by atoms with van der Waals surface area (Å²) in [7, 11) is 0. The summed E-state index contributed by atoms with van der Waals surface area (Å²) < 4.78 is 0. The Morgan fingerprint density at radius 1 is 0.789 bits per heavy atom. The lowest BCUT2D eigenvalue weighted by Crippen LogP contribution is -2.06. The third-order valence-corrected chi connectivity index (χ3v) is 2.88. The molecule has 3 nitrogen and oxygen atoms in total. The van der Waals surface area contributed by atoms with Gasteiger partial charge >= 0.3 is 0 Å². The topological polar surface area (TPSA) is 65.6 Å². The molecule has 2 aromatic carbocycles. The van der Waals surface area contributed by atoms with Gasteiger partial charge < -0.3 is 5.48 Å². The van der Waals surface area contributed by atoms with Crippen LogP contribution in [0.2, 0.25) is 0 Å². The van der Waals surface area contributed by atoms with E-state index in [4.69, 9.17) is 0 Å². The predicted octanol–water partition coefficient (Wildman–Crippen LogP) is 2.93. The van der Waals surface area contributed by atoms with Gasteiger partial charge in [0, 0.05) is 11.1 Å². The third kappa shape index (κ3) is 2.95. The molecule has 0 spiro atoms. The fraction of sp³-hybridized carbons (Fsp3) is 0.125. The van der Waals surface area contributed by atoms with E-state index in [0.717, 1.165) is 11.1 Å². The Balaban J connectivity index is 0.00000180. The van der Waals surface area contributed by atoms with Gasteiger partial charge in [0.05, 0.1) is 0 Å². The van der Waals surface area contributed by atoms with Crippen molar-refractivity contribution in [3.63, 3.8) is 0 Å². The van der Waals surface area contributed by atoms with Crippen LogP contribution in [0.15, 0.2) is 48.5 Å². The molecule has 0 aliphatic carbocycles. The van der Waals surface area contributed by atoms with Gasteiger partial charge in [-0.2, -0.15) is 0 Å². The molecule has 2 aromatic rings. The minimum atomic E-state index is -0.0852. The van der Waals surface area contributed by atoms with Crippen molar-refractivity contribution < 1.29 is 15.1 Å². The molecule has 0 bridgehead atoms. The van der Waals surface area contributed by atoms with Gasteiger partial charge in [-0.3, -0.25) is 9.59 Å². The smallest absolute Gasteiger partial charge is 0.161 e. The Morgan fingerprint density at radius 2 is 1.42 bits per heavy atom. The van der Waals surface area contributed by atoms with Crippen LogP contribution >= 0.6 is 0 Å². The normalized spacial score (nSPS) is 9.58. The largest absolute Gasteiger partial charge is 0.412 e. The van der Waals surface area contributed by atoms with E-state index in [1.165, 1.54) is 13.8 Å². The van der Waals surface area contributed by atoms with Gasteiger partial charge in [-0.1, -0.05) is 48.5 Å². The molecular weight excluding hydrogens is 240 g/mol. The monoisotopic (exact) mass is 256 g/mol. The average molecular weight is 256 g/mol. The van der Waals surface area contributed by atoms with Crippen molar-refractivity contribution in [2.24, 2.45) is 0 Å². The van der Waals surface area contributed by atoms with Gasteiger partial charge in [0.1, 0.15) is 0 Å². The van der Waals surface area contributed by atoms with Gasteiger partial charge in [-0.05, 0) is 25.0 Å². The molecule has 19 heavy (non-hydrogen) atoms. The van der Waals surface area contributed by atoms with Gasteiger partial charge in [-0.25, -0.2) is 0 Å². The lowest BCUT2D eigenvalue weighted by atomic mass is 9.92. The molecule has 0 unspecified atom stereocenters. The van der Waals surface area contributed by atoms with Crippen molar-refractivity contribution in [3.8, 4) is 11.1 Å². The lowest BCUT2D eigenvalue weighted by Gasteiger charge is -2.10. The summed E-state index contributed by atoms with van der Waals surface area (Å²) in [5.74, 6) is -0.169. The van der Waals surface area contributed by atoms with E-state index >= 15 is 0 Å². The summed E-state index contributed by atoms with van der Waals surface area (Å²) in [6.07, 6.45) is 0. The van der Waals surface area contributed by atoms with Crippen LogP contribution in [0, 0.1) is 0 Å². The van der Waals surface area contributed by atoms with Gasteiger partial charge in [0.2, 0.25) is 0 Å². The predicted molar refractivity (Wildman–Crippen MR) is 75.5 cm³/mol. The molecule has 0 saturated carbocycles. The van der Waals surface area contributed by atoms with Gasteiger partial charge in [0.25, 0.3) is 0 Å². The van der Waals surface area contributed by atoms with Crippen molar-refractivity contribution in [2.45, 2.75) is 13.8 Å². The summed E-state index contributed by atoms with van der Waals surface area (Å²) >= 11 is 0. The van der Waals surface area contributed by atoms with Gasteiger partial charge in [-0.15, -0.1) is 0 Å². The number of carbonyl (C=O) groups excluding carboxylic acids is 2. The van der Waals surface area contributed by atoms with E-state index in [1.807, 2.05) is 42.5 Å². The maximum absolute atomic E-state index is 11.8. The maximum Gasteiger partial charge on any atom is 0.161 e. The Kier molecular flexibility index (Phi) is 4.73. The minimum absolute atomic E-state index is 0. The summed E-state index contributed by atoms with van der Waals surface area (Å²) in [5.41, 5.74) is 2.77. The first-order valence-corrected chi connectivity index (χ1v) is 5.81. The summed E-state index contributed by atoms with van der Waals surface area (Å²) in [4.78, 5) is 23.4. The average Bonchev–Trinajstić information content (AvgIpc) is 2.38. The van der Waals surface area contributed by atoms with Crippen molar-refractivity contribution in [1.82, 2.24) is 0 Å². The molecular formula is C16H16O3. The van der Waals surface area contributed by atoms with E-state index in [1.54, 1.807) is 6.07 Å². The highest BCUT2D eigenvalue weighted by atomic mass is 16.1.